The fraction of sp³-hybridized carbons (Fsp3) is 0.188. The lowest BCUT2D eigenvalue weighted by molar-refractivity contribution is 0.0531. The van der Waals surface area contributed by atoms with Crippen molar-refractivity contribution in [1.82, 2.24) is 9.97 Å². The van der Waals surface area contributed by atoms with Crippen molar-refractivity contribution in [2.75, 3.05) is 6.61 Å². The van der Waals surface area contributed by atoms with Crippen LogP contribution in [0.25, 0.3) is 10.2 Å². The van der Waals surface area contributed by atoms with Crippen LogP contribution in [0.15, 0.2) is 30.6 Å². The van der Waals surface area contributed by atoms with Crippen LogP contribution in [-0.4, -0.2) is 22.5 Å². The predicted molar refractivity (Wildman–Crippen MR) is 84.6 cm³/mol. The molecule has 2 aromatic heterocycles. The van der Waals surface area contributed by atoms with Gasteiger partial charge in [0.05, 0.1) is 12.0 Å². The highest BCUT2D eigenvalue weighted by molar-refractivity contribution is 7.20. The van der Waals surface area contributed by atoms with Crippen molar-refractivity contribution in [3.05, 3.63) is 46.9 Å². The smallest absolute Gasteiger partial charge is 0.348 e. The van der Waals surface area contributed by atoms with Gasteiger partial charge in [0, 0.05) is 0 Å². The molecule has 3 rings (SSSR count). The molecule has 5 nitrogen and oxygen atoms in total. The molecule has 0 radical (unpaired) electrons. The summed E-state index contributed by atoms with van der Waals surface area (Å²) in [6.45, 7) is 3.85. The Kier molecular flexibility index (Phi) is 4.20. The molecule has 0 unspecified atom stereocenters. The molecular formula is C16H13FN2O3S. The number of hydrogen-bond donors (Lipinski definition) is 0. The van der Waals surface area contributed by atoms with Gasteiger partial charge in [-0.1, -0.05) is 0 Å². The number of halogens is 1. The predicted octanol–water partition coefficient (Wildman–Crippen LogP) is 4.11. The Morgan fingerprint density at radius 1 is 1.26 bits per heavy atom. The monoisotopic (exact) mass is 332 g/mol. The maximum Gasteiger partial charge on any atom is 0.348 e. The fourth-order valence-corrected chi connectivity index (χ4v) is 3.16. The van der Waals surface area contributed by atoms with E-state index >= 15 is 0 Å². The molecule has 2 heterocycles. The van der Waals surface area contributed by atoms with E-state index in [0.29, 0.717) is 38.9 Å². The third-order valence-electron chi connectivity index (χ3n) is 3.18. The van der Waals surface area contributed by atoms with Gasteiger partial charge in [0.1, 0.15) is 27.6 Å². The summed E-state index contributed by atoms with van der Waals surface area (Å²) in [6.07, 6.45) is 1.37. The van der Waals surface area contributed by atoms with E-state index in [0.717, 1.165) is 0 Å². The van der Waals surface area contributed by atoms with Crippen LogP contribution in [-0.2, 0) is 4.74 Å². The van der Waals surface area contributed by atoms with Gasteiger partial charge in [0.15, 0.2) is 0 Å². The minimum absolute atomic E-state index is 0.303. The molecule has 1 aromatic carbocycles. The fourth-order valence-electron chi connectivity index (χ4n) is 2.12. The lowest BCUT2D eigenvalue weighted by Gasteiger charge is -2.06. The number of nitrogens with zero attached hydrogens (tertiary/aromatic N) is 2. The van der Waals surface area contributed by atoms with Crippen molar-refractivity contribution in [3.63, 3.8) is 0 Å². The van der Waals surface area contributed by atoms with Crippen LogP contribution in [0.2, 0.25) is 0 Å². The highest BCUT2D eigenvalue weighted by Crippen LogP contribution is 2.36. The first kappa shape index (κ1) is 15.4. The number of esters is 1. The first-order valence-corrected chi connectivity index (χ1v) is 7.76. The van der Waals surface area contributed by atoms with E-state index in [-0.39, 0.29) is 11.8 Å². The number of carbonyl (C=O) groups excluding carboxylic acids is 1. The van der Waals surface area contributed by atoms with E-state index < -0.39 is 0 Å². The molecule has 0 aliphatic carbocycles. The van der Waals surface area contributed by atoms with Crippen molar-refractivity contribution in [3.8, 4) is 11.6 Å². The Bertz CT molecular complexity index is 862. The first-order valence-electron chi connectivity index (χ1n) is 6.94. The molecule has 0 N–H and O–H groups in total. The SMILES string of the molecule is CCOC(=O)c1sc2ncnc(Oc3ccc(F)cc3)c2c1C. The van der Waals surface area contributed by atoms with E-state index in [1.807, 2.05) is 0 Å². The zero-order valence-electron chi connectivity index (χ0n) is 12.5. The molecular weight excluding hydrogens is 319 g/mol. The maximum absolute atomic E-state index is 13.0. The highest BCUT2D eigenvalue weighted by Gasteiger charge is 2.21. The van der Waals surface area contributed by atoms with Crippen molar-refractivity contribution in [1.29, 1.82) is 0 Å². The van der Waals surface area contributed by atoms with Gasteiger partial charge in [-0.05, 0) is 43.7 Å². The van der Waals surface area contributed by atoms with Crippen molar-refractivity contribution >= 4 is 27.5 Å². The quantitative estimate of drug-likeness (QED) is 0.673. The van der Waals surface area contributed by atoms with Gasteiger partial charge in [0.2, 0.25) is 5.88 Å². The number of rotatable bonds is 4. The molecule has 0 aliphatic heterocycles. The zero-order chi connectivity index (χ0) is 16.4. The summed E-state index contributed by atoms with van der Waals surface area (Å²) in [6, 6.07) is 5.63. The largest absolute Gasteiger partial charge is 0.462 e. The average Bonchev–Trinajstić information content (AvgIpc) is 2.88. The van der Waals surface area contributed by atoms with Crippen LogP contribution in [0.3, 0.4) is 0 Å². The molecule has 0 saturated carbocycles. The van der Waals surface area contributed by atoms with Crippen molar-refractivity contribution in [2.45, 2.75) is 13.8 Å². The summed E-state index contributed by atoms with van der Waals surface area (Å²) in [5, 5.41) is 0.657. The number of fused-ring (bicyclic) bond motifs is 1. The number of aromatic nitrogens is 2. The number of carbonyl (C=O) groups is 1. The molecule has 3 aromatic rings. The van der Waals surface area contributed by atoms with Crippen LogP contribution < -0.4 is 4.74 Å². The molecule has 0 amide bonds. The molecule has 7 heteroatoms. The molecule has 118 valence electrons. The Hall–Kier alpha value is -2.54. The van der Waals surface area contributed by atoms with E-state index in [2.05, 4.69) is 9.97 Å². The van der Waals surface area contributed by atoms with Crippen LogP contribution >= 0.6 is 11.3 Å². The van der Waals surface area contributed by atoms with E-state index in [1.165, 1.54) is 41.9 Å². The standard InChI is InChI=1S/C16H13FN2O3S/c1-3-21-16(20)13-9(2)12-14(18-8-19-15(12)23-13)22-11-6-4-10(17)5-7-11/h4-8H,3H2,1-2H3. The minimum Gasteiger partial charge on any atom is -0.462 e. The highest BCUT2D eigenvalue weighted by atomic mass is 32.1. The maximum atomic E-state index is 13.0. The minimum atomic E-state index is -0.388. The number of hydrogen-bond acceptors (Lipinski definition) is 6. The van der Waals surface area contributed by atoms with Crippen molar-refractivity contribution in [2.24, 2.45) is 0 Å². The molecule has 23 heavy (non-hydrogen) atoms. The Balaban J connectivity index is 2.04. The summed E-state index contributed by atoms with van der Waals surface area (Å²) in [4.78, 5) is 21.4. The number of thiophene rings is 1. The molecule has 0 aliphatic rings. The summed E-state index contributed by atoms with van der Waals surface area (Å²) in [7, 11) is 0. The number of aryl methyl sites for hydroxylation is 1. The molecule has 0 atom stereocenters. The van der Waals surface area contributed by atoms with Gasteiger partial charge in [-0.15, -0.1) is 11.3 Å². The van der Waals surface area contributed by atoms with Crippen LogP contribution in [0.5, 0.6) is 11.6 Å². The van der Waals surface area contributed by atoms with Crippen LogP contribution in [0.1, 0.15) is 22.2 Å². The number of benzene rings is 1. The van der Waals surface area contributed by atoms with Gasteiger partial charge < -0.3 is 9.47 Å². The van der Waals surface area contributed by atoms with E-state index in [1.54, 1.807) is 13.8 Å². The first-order chi connectivity index (χ1) is 11.1. The van der Waals surface area contributed by atoms with Gasteiger partial charge >= 0.3 is 5.97 Å². The van der Waals surface area contributed by atoms with E-state index in [4.69, 9.17) is 9.47 Å². The van der Waals surface area contributed by atoms with E-state index in [9.17, 15) is 9.18 Å². The Morgan fingerprint density at radius 2 is 2.00 bits per heavy atom. The van der Waals surface area contributed by atoms with Gasteiger partial charge in [0.25, 0.3) is 0 Å². The summed E-state index contributed by atoms with van der Waals surface area (Å²) in [5.74, 6) is 0.0443. The summed E-state index contributed by atoms with van der Waals surface area (Å²) in [5.41, 5.74) is 0.709. The summed E-state index contributed by atoms with van der Waals surface area (Å²) < 4.78 is 23.7. The van der Waals surface area contributed by atoms with Gasteiger partial charge in [-0.25, -0.2) is 19.2 Å². The van der Waals surface area contributed by atoms with Crippen LogP contribution in [0, 0.1) is 12.7 Å². The van der Waals surface area contributed by atoms with Crippen molar-refractivity contribution < 1.29 is 18.7 Å². The third kappa shape index (κ3) is 3.00. The van der Waals surface area contributed by atoms with Gasteiger partial charge in [-0.2, -0.15) is 0 Å². The second-order valence-corrected chi connectivity index (χ2v) is 5.69. The molecule has 0 fully saturated rings. The average molecular weight is 332 g/mol. The Labute approximate surface area is 135 Å². The normalized spacial score (nSPS) is 10.7. The molecule has 0 bridgehead atoms. The lowest BCUT2D eigenvalue weighted by Crippen LogP contribution is -2.03. The second-order valence-electron chi connectivity index (χ2n) is 4.69. The third-order valence-corrected chi connectivity index (χ3v) is 4.36. The molecule has 0 spiro atoms. The topological polar surface area (TPSA) is 61.3 Å². The Morgan fingerprint density at radius 3 is 2.70 bits per heavy atom. The number of ether oxygens (including phenoxy) is 2. The second kappa shape index (κ2) is 6.29. The lowest BCUT2D eigenvalue weighted by atomic mass is 10.2. The summed E-state index contributed by atoms with van der Waals surface area (Å²) >= 11 is 1.23. The zero-order valence-corrected chi connectivity index (χ0v) is 13.3. The van der Waals surface area contributed by atoms with Gasteiger partial charge in [-0.3, -0.25) is 0 Å². The van der Waals surface area contributed by atoms with Crippen LogP contribution in [0.4, 0.5) is 4.39 Å². The molecule has 0 saturated heterocycles.